The highest BCUT2D eigenvalue weighted by molar-refractivity contribution is 5.93. The van der Waals surface area contributed by atoms with E-state index >= 15 is 0 Å². The van der Waals surface area contributed by atoms with Crippen molar-refractivity contribution in [1.82, 2.24) is 14.3 Å². The second kappa shape index (κ2) is 6.58. The van der Waals surface area contributed by atoms with Crippen molar-refractivity contribution in [3.63, 3.8) is 0 Å². The van der Waals surface area contributed by atoms with Gasteiger partial charge in [0, 0.05) is 18.8 Å². The fraction of sp³-hybridized carbons (Fsp3) is 0.467. The standard InChI is InChI=1S/C15H22N4O2/c1-4-18(5-2)10-11(3)16-14-13(15(20)21)19-9-7-6-8-12(19)17-14/h6-9,11,16H,4-5,10H2,1-3H3,(H,20,21). The second-order valence-electron chi connectivity index (χ2n) is 5.07. The van der Waals surface area contributed by atoms with Crippen LogP contribution >= 0.6 is 0 Å². The van der Waals surface area contributed by atoms with E-state index in [1.54, 1.807) is 22.7 Å². The molecule has 1 unspecified atom stereocenters. The van der Waals surface area contributed by atoms with E-state index in [2.05, 4.69) is 29.0 Å². The van der Waals surface area contributed by atoms with Crippen LogP contribution in [-0.2, 0) is 0 Å². The molecule has 0 aliphatic heterocycles. The van der Waals surface area contributed by atoms with Gasteiger partial charge in [0.2, 0.25) is 0 Å². The molecule has 6 heteroatoms. The molecule has 0 aromatic carbocycles. The van der Waals surface area contributed by atoms with E-state index in [4.69, 9.17) is 0 Å². The molecule has 0 amide bonds. The van der Waals surface area contributed by atoms with Gasteiger partial charge in [-0.2, -0.15) is 0 Å². The third-order valence-corrected chi connectivity index (χ3v) is 3.54. The summed E-state index contributed by atoms with van der Waals surface area (Å²) in [6.45, 7) is 9.06. The number of carboxylic acid groups (broad SMARTS) is 1. The Morgan fingerprint density at radius 1 is 1.43 bits per heavy atom. The van der Waals surface area contributed by atoms with Gasteiger partial charge in [-0.15, -0.1) is 0 Å². The first kappa shape index (κ1) is 15.3. The van der Waals surface area contributed by atoms with Crippen molar-refractivity contribution in [1.29, 1.82) is 0 Å². The molecule has 0 aliphatic rings. The molecule has 0 radical (unpaired) electrons. The number of nitrogens with one attached hydrogen (secondary N) is 1. The SMILES string of the molecule is CCN(CC)CC(C)Nc1nc2ccccn2c1C(=O)O. The summed E-state index contributed by atoms with van der Waals surface area (Å²) in [6, 6.07) is 5.56. The van der Waals surface area contributed by atoms with Gasteiger partial charge in [-0.3, -0.25) is 4.40 Å². The largest absolute Gasteiger partial charge is 0.476 e. The Morgan fingerprint density at radius 2 is 2.14 bits per heavy atom. The van der Waals surface area contributed by atoms with Crippen LogP contribution in [0.1, 0.15) is 31.3 Å². The van der Waals surface area contributed by atoms with Gasteiger partial charge in [-0.05, 0) is 32.1 Å². The van der Waals surface area contributed by atoms with Crippen molar-refractivity contribution in [3.05, 3.63) is 30.1 Å². The quantitative estimate of drug-likeness (QED) is 0.818. The molecule has 21 heavy (non-hydrogen) atoms. The molecule has 2 rings (SSSR count). The molecule has 0 spiro atoms. The van der Waals surface area contributed by atoms with Crippen LogP contribution < -0.4 is 5.32 Å². The summed E-state index contributed by atoms with van der Waals surface area (Å²) in [7, 11) is 0. The predicted molar refractivity (Wildman–Crippen MR) is 83.0 cm³/mol. The van der Waals surface area contributed by atoms with Crippen LogP contribution in [0, 0.1) is 0 Å². The first-order valence-corrected chi connectivity index (χ1v) is 7.26. The van der Waals surface area contributed by atoms with Gasteiger partial charge < -0.3 is 15.3 Å². The van der Waals surface area contributed by atoms with Crippen molar-refractivity contribution in [2.24, 2.45) is 0 Å². The summed E-state index contributed by atoms with van der Waals surface area (Å²) < 4.78 is 1.59. The molecule has 1 atom stereocenters. The molecule has 2 heterocycles. The minimum Gasteiger partial charge on any atom is -0.476 e. The summed E-state index contributed by atoms with van der Waals surface area (Å²) in [5, 5.41) is 12.7. The number of imidazole rings is 1. The topological polar surface area (TPSA) is 69.9 Å². The minimum absolute atomic E-state index is 0.118. The van der Waals surface area contributed by atoms with Crippen LogP contribution in [0.4, 0.5) is 5.82 Å². The lowest BCUT2D eigenvalue weighted by molar-refractivity contribution is 0.0690. The van der Waals surface area contributed by atoms with Gasteiger partial charge in [0.15, 0.2) is 11.5 Å². The molecule has 2 aromatic rings. The number of carbonyl (C=O) groups is 1. The Morgan fingerprint density at radius 3 is 2.76 bits per heavy atom. The maximum atomic E-state index is 11.5. The van der Waals surface area contributed by atoms with Crippen LogP contribution in [0.3, 0.4) is 0 Å². The van der Waals surface area contributed by atoms with Gasteiger partial charge >= 0.3 is 5.97 Å². The molecule has 2 aromatic heterocycles. The molecule has 0 aliphatic carbocycles. The Bertz CT molecular complexity index is 619. The summed E-state index contributed by atoms with van der Waals surface area (Å²) >= 11 is 0. The molecule has 0 fully saturated rings. The van der Waals surface area contributed by atoms with E-state index in [1.807, 2.05) is 13.0 Å². The summed E-state index contributed by atoms with van der Waals surface area (Å²) in [4.78, 5) is 18.2. The van der Waals surface area contributed by atoms with Crippen molar-refractivity contribution >= 4 is 17.4 Å². The van der Waals surface area contributed by atoms with E-state index in [-0.39, 0.29) is 11.7 Å². The van der Waals surface area contributed by atoms with Crippen LogP contribution in [0.2, 0.25) is 0 Å². The third-order valence-electron chi connectivity index (χ3n) is 3.54. The maximum Gasteiger partial charge on any atom is 0.356 e. The van der Waals surface area contributed by atoms with Gasteiger partial charge in [0.05, 0.1) is 0 Å². The minimum atomic E-state index is -0.980. The number of nitrogens with zero attached hydrogens (tertiary/aromatic N) is 3. The molecule has 114 valence electrons. The maximum absolute atomic E-state index is 11.5. The average Bonchev–Trinajstić information content (AvgIpc) is 2.82. The highest BCUT2D eigenvalue weighted by atomic mass is 16.4. The zero-order chi connectivity index (χ0) is 15.4. The van der Waals surface area contributed by atoms with E-state index in [0.717, 1.165) is 19.6 Å². The molecule has 0 bridgehead atoms. The number of aromatic carboxylic acids is 1. The van der Waals surface area contributed by atoms with Crippen molar-refractivity contribution in [2.75, 3.05) is 25.0 Å². The Kier molecular flexibility index (Phi) is 4.80. The second-order valence-corrected chi connectivity index (χ2v) is 5.07. The highest BCUT2D eigenvalue weighted by Gasteiger charge is 2.20. The smallest absolute Gasteiger partial charge is 0.356 e. The molecule has 2 N–H and O–H groups in total. The lowest BCUT2D eigenvalue weighted by atomic mass is 10.3. The van der Waals surface area contributed by atoms with E-state index in [9.17, 15) is 9.90 Å². The van der Waals surface area contributed by atoms with Gasteiger partial charge in [-0.25, -0.2) is 9.78 Å². The third kappa shape index (κ3) is 3.33. The van der Waals surface area contributed by atoms with Gasteiger partial charge in [0.1, 0.15) is 5.65 Å². The van der Waals surface area contributed by atoms with Crippen molar-refractivity contribution < 1.29 is 9.90 Å². The van der Waals surface area contributed by atoms with Gasteiger partial charge in [0.25, 0.3) is 0 Å². The number of likely N-dealkylation sites (N-methyl/N-ethyl adjacent to an activating group) is 1. The molecular formula is C15H22N4O2. The van der Waals surface area contributed by atoms with Crippen LogP contribution in [0.15, 0.2) is 24.4 Å². The van der Waals surface area contributed by atoms with Crippen LogP contribution in [0.5, 0.6) is 0 Å². The number of carboxylic acids is 1. The number of hydrogen-bond donors (Lipinski definition) is 2. The van der Waals surface area contributed by atoms with Crippen molar-refractivity contribution in [3.8, 4) is 0 Å². The number of fused-ring (bicyclic) bond motifs is 1. The summed E-state index contributed by atoms with van der Waals surface area (Å²) in [6.07, 6.45) is 1.71. The monoisotopic (exact) mass is 290 g/mol. The van der Waals surface area contributed by atoms with Gasteiger partial charge in [-0.1, -0.05) is 19.9 Å². The number of anilines is 1. The van der Waals surface area contributed by atoms with Crippen LogP contribution in [-0.4, -0.2) is 51.0 Å². The first-order valence-electron chi connectivity index (χ1n) is 7.26. The molecule has 0 saturated heterocycles. The van der Waals surface area contributed by atoms with E-state index in [1.165, 1.54) is 0 Å². The van der Waals surface area contributed by atoms with E-state index < -0.39 is 5.97 Å². The Balaban J connectivity index is 2.25. The zero-order valence-corrected chi connectivity index (χ0v) is 12.7. The fourth-order valence-corrected chi connectivity index (χ4v) is 2.45. The predicted octanol–water partition coefficient (Wildman–Crippen LogP) is 2.17. The highest BCUT2D eigenvalue weighted by Crippen LogP contribution is 2.18. The zero-order valence-electron chi connectivity index (χ0n) is 12.7. The lowest BCUT2D eigenvalue weighted by Gasteiger charge is -2.23. The fourth-order valence-electron chi connectivity index (χ4n) is 2.45. The van der Waals surface area contributed by atoms with E-state index in [0.29, 0.717) is 11.5 Å². The molecule has 6 nitrogen and oxygen atoms in total. The molecule has 0 saturated carbocycles. The number of rotatable bonds is 7. The average molecular weight is 290 g/mol. The number of aromatic nitrogens is 2. The number of pyridine rings is 1. The normalized spacial score (nSPS) is 12.8. The lowest BCUT2D eigenvalue weighted by Crippen LogP contribution is -2.35. The van der Waals surface area contributed by atoms with Crippen LogP contribution in [0.25, 0.3) is 5.65 Å². The number of hydrogen-bond acceptors (Lipinski definition) is 4. The first-order chi connectivity index (χ1) is 10.1. The Hall–Kier alpha value is -2.08. The molecular weight excluding hydrogens is 268 g/mol. The Labute approximate surface area is 124 Å². The summed E-state index contributed by atoms with van der Waals surface area (Å²) in [5.74, 6) is -0.556. The van der Waals surface area contributed by atoms with Crippen molar-refractivity contribution in [2.45, 2.75) is 26.8 Å². The summed E-state index contributed by atoms with van der Waals surface area (Å²) in [5.41, 5.74) is 0.810.